The third-order valence-corrected chi connectivity index (χ3v) is 11.1. The van der Waals surface area contributed by atoms with Gasteiger partial charge in [-0.05, 0) is 53.6 Å². The van der Waals surface area contributed by atoms with Crippen molar-refractivity contribution in [2.75, 3.05) is 0 Å². The molecule has 11 rings (SSSR count). The summed E-state index contributed by atoms with van der Waals surface area (Å²) in [7, 11) is 0. The van der Waals surface area contributed by atoms with E-state index in [1.54, 1.807) is 0 Å². The first-order valence-electron chi connectivity index (χ1n) is 16.8. The minimum atomic E-state index is 0.915. The summed E-state index contributed by atoms with van der Waals surface area (Å²) in [5.74, 6) is 0. The van der Waals surface area contributed by atoms with Crippen LogP contribution < -0.4 is 0 Å². The summed E-state index contributed by atoms with van der Waals surface area (Å²) >= 11 is 1.86. The molecule has 0 N–H and O–H groups in total. The van der Waals surface area contributed by atoms with Crippen molar-refractivity contribution in [1.29, 1.82) is 0 Å². The number of imidazole rings is 1. The fourth-order valence-electron chi connectivity index (χ4n) is 7.53. The zero-order valence-corrected chi connectivity index (χ0v) is 27.5. The molecule has 6 aromatic carbocycles. The van der Waals surface area contributed by atoms with E-state index >= 15 is 0 Å². The van der Waals surface area contributed by atoms with Crippen LogP contribution >= 0.6 is 11.3 Å². The van der Waals surface area contributed by atoms with Crippen LogP contribution in [0, 0.1) is 0 Å². The average molecular weight is 655 g/mol. The number of hydrogen-bond donors (Lipinski definition) is 0. The van der Waals surface area contributed by atoms with Crippen LogP contribution in [0.15, 0.2) is 158 Å². The largest absolute Gasteiger partial charge is 0.290 e. The van der Waals surface area contributed by atoms with Gasteiger partial charge in [0.25, 0.3) is 0 Å². The van der Waals surface area contributed by atoms with Gasteiger partial charge in [-0.3, -0.25) is 4.40 Å². The Kier molecular flexibility index (Phi) is 5.80. The van der Waals surface area contributed by atoms with Gasteiger partial charge in [-0.15, -0.1) is 11.3 Å². The molecular formula is C45H26N4S. The summed E-state index contributed by atoms with van der Waals surface area (Å²) < 4.78 is 4.92. The van der Waals surface area contributed by atoms with Crippen molar-refractivity contribution >= 4 is 80.9 Å². The SMILES string of the molecule is c1ccc(-c2ccc3ccc4ccc(-c5cccc(-c6ccc7sc8c9ccccc9c9nc%10ccccc%10n9c8c7c6)c5)nc4c3n2)cc1. The monoisotopic (exact) mass is 654 g/mol. The first-order valence-corrected chi connectivity index (χ1v) is 17.6. The van der Waals surface area contributed by atoms with Crippen LogP contribution in [0.5, 0.6) is 0 Å². The van der Waals surface area contributed by atoms with E-state index in [4.69, 9.17) is 15.0 Å². The number of rotatable bonds is 3. The third kappa shape index (κ3) is 4.08. The van der Waals surface area contributed by atoms with Crippen LogP contribution in [0.1, 0.15) is 0 Å². The quantitative estimate of drug-likeness (QED) is 0.178. The fraction of sp³-hybridized carbons (Fsp3) is 0. The van der Waals surface area contributed by atoms with Crippen molar-refractivity contribution in [3.8, 4) is 33.6 Å². The van der Waals surface area contributed by atoms with Crippen LogP contribution in [-0.2, 0) is 0 Å². The van der Waals surface area contributed by atoms with Crippen LogP contribution in [0.2, 0.25) is 0 Å². The van der Waals surface area contributed by atoms with Crippen LogP contribution in [0.25, 0.3) is 103 Å². The third-order valence-electron chi connectivity index (χ3n) is 9.94. The Hall–Kier alpha value is -6.43. The number of fused-ring (bicyclic) bond motifs is 13. The minimum Gasteiger partial charge on any atom is -0.290 e. The molecule has 0 spiro atoms. The molecule has 5 heterocycles. The number of nitrogens with zero attached hydrogens (tertiary/aromatic N) is 4. The lowest BCUT2D eigenvalue weighted by Gasteiger charge is -2.10. The molecule has 11 aromatic rings. The van der Waals surface area contributed by atoms with E-state index in [9.17, 15) is 0 Å². The van der Waals surface area contributed by atoms with Crippen molar-refractivity contribution in [2.24, 2.45) is 0 Å². The second kappa shape index (κ2) is 10.5. The number of aromatic nitrogens is 4. The Labute approximate surface area is 290 Å². The lowest BCUT2D eigenvalue weighted by molar-refractivity contribution is 1.33. The number of pyridine rings is 3. The van der Waals surface area contributed by atoms with Gasteiger partial charge in [-0.1, -0.05) is 115 Å². The van der Waals surface area contributed by atoms with Crippen LogP contribution in [0.4, 0.5) is 0 Å². The Morgan fingerprint density at radius 3 is 1.90 bits per heavy atom. The predicted molar refractivity (Wildman–Crippen MR) is 210 cm³/mol. The second-order valence-electron chi connectivity index (χ2n) is 12.8. The molecule has 50 heavy (non-hydrogen) atoms. The van der Waals surface area contributed by atoms with E-state index in [0.29, 0.717) is 0 Å². The van der Waals surface area contributed by atoms with Crippen molar-refractivity contribution in [3.63, 3.8) is 0 Å². The van der Waals surface area contributed by atoms with Crippen LogP contribution in [0.3, 0.4) is 0 Å². The van der Waals surface area contributed by atoms with Gasteiger partial charge < -0.3 is 0 Å². The highest BCUT2D eigenvalue weighted by Crippen LogP contribution is 2.43. The molecule has 5 aromatic heterocycles. The highest BCUT2D eigenvalue weighted by Gasteiger charge is 2.18. The highest BCUT2D eigenvalue weighted by atomic mass is 32.1. The topological polar surface area (TPSA) is 43.1 Å². The van der Waals surface area contributed by atoms with E-state index < -0.39 is 0 Å². The first kappa shape index (κ1) is 27.5. The number of benzene rings is 6. The van der Waals surface area contributed by atoms with Crippen molar-refractivity contribution < 1.29 is 0 Å². The normalized spacial score (nSPS) is 12.0. The molecule has 4 nitrogen and oxygen atoms in total. The molecule has 0 bridgehead atoms. The lowest BCUT2D eigenvalue weighted by atomic mass is 9.99. The molecule has 0 unspecified atom stereocenters. The molecule has 232 valence electrons. The summed E-state index contributed by atoms with van der Waals surface area (Å²) in [4.78, 5) is 15.5. The number of thiophene rings is 1. The lowest BCUT2D eigenvalue weighted by Crippen LogP contribution is -1.91. The maximum absolute atomic E-state index is 5.24. The second-order valence-corrected chi connectivity index (χ2v) is 13.9. The maximum atomic E-state index is 5.24. The molecule has 5 heteroatoms. The molecule has 0 amide bonds. The smallest absolute Gasteiger partial charge is 0.146 e. The molecule has 0 aliphatic heterocycles. The molecule has 0 saturated heterocycles. The van der Waals surface area contributed by atoms with Gasteiger partial charge in [-0.25, -0.2) is 15.0 Å². The van der Waals surface area contributed by atoms with E-state index in [2.05, 4.69) is 156 Å². The summed E-state index contributed by atoms with van der Waals surface area (Å²) in [6.07, 6.45) is 0. The highest BCUT2D eigenvalue weighted by molar-refractivity contribution is 7.26. The predicted octanol–water partition coefficient (Wildman–Crippen LogP) is 12.1. The summed E-state index contributed by atoms with van der Waals surface area (Å²) in [6.45, 7) is 0. The minimum absolute atomic E-state index is 0.915. The summed E-state index contributed by atoms with van der Waals surface area (Å²) in [5, 5.41) is 5.82. The molecular weight excluding hydrogens is 629 g/mol. The first-order chi connectivity index (χ1) is 24.8. The summed E-state index contributed by atoms with van der Waals surface area (Å²) in [5.41, 5.74) is 12.6. The van der Waals surface area contributed by atoms with Gasteiger partial charge in [0.1, 0.15) is 5.65 Å². The van der Waals surface area contributed by atoms with Crippen molar-refractivity contribution in [2.45, 2.75) is 0 Å². The average Bonchev–Trinajstić information content (AvgIpc) is 3.77. The molecule has 0 fully saturated rings. The Morgan fingerprint density at radius 1 is 0.440 bits per heavy atom. The molecule has 0 aliphatic carbocycles. The number of para-hydroxylation sites is 2. The summed E-state index contributed by atoms with van der Waals surface area (Å²) in [6, 6.07) is 55.9. The maximum Gasteiger partial charge on any atom is 0.146 e. The zero-order chi connectivity index (χ0) is 32.8. The Balaban J connectivity index is 1.08. The Bertz CT molecular complexity index is 3160. The van der Waals surface area contributed by atoms with Crippen LogP contribution in [-0.4, -0.2) is 19.4 Å². The number of hydrogen-bond acceptors (Lipinski definition) is 4. The standard InChI is InChI=1S/C45H26N4S/c1-2-9-27(10-3-1)36-22-19-28-17-18-29-20-23-37(47-42(29)41(28)46-36)32-12-8-11-30(25-32)31-21-24-40-35(26-31)43-44(50-40)33-13-4-5-14-34(33)45-48-38-15-6-7-16-39(38)49(43)45/h1-26H. The van der Waals surface area contributed by atoms with Crippen molar-refractivity contribution in [3.05, 3.63) is 158 Å². The van der Waals surface area contributed by atoms with Gasteiger partial charge in [0, 0.05) is 42.8 Å². The fourth-order valence-corrected chi connectivity index (χ4v) is 8.74. The van der Waals surface area contributed by atoms with Gasteiger partial charge in [0.15, 0.2) is 0 Å². The van der Waals surface area contributed by atoms with Gasteiger partial charge >= 0.3 is 0 Å². The molecule has 0 aliphatic rings. The van der Waals surface area contributed by atoms with E-state index in [0.717, 1.165) is 66.6 Å². The molecule has 0 radical (unpaired) electrons. The van der Waals surface area contributed by atoms with Crippen molar-refractivity contribution in [1.82, 2.24) is 19.4 Å². The van der Waals surface area contributed by atoms with E-state index in [1.165, 1.54) is 36.6 Å². The van der Waals surface area contributed by atoms with E-state index in [-0.39, 0.29) is 0 Å². The van der Waals surface area contributed by atoms with Gasteiger partial charge in [0.2, 0.25) is 0 Å². The molecule has 0 atom stereocenters. The molecule has 0 saturated carbocycles. The van der Waals surface area contributed by atoms with Gasteiger partial charge in [0.05, 0.1) is 43.7 Å². The van der Waals surface area contributed by atoms with Gasteiger partial charge in [-0.2, -0.15) is 0 Å². The zero-order valence-electron chi connectivity index (χ0n) is 26.7. The van der Waals surface area contributed by atoms with E-state index in [1.807, 2.05) is 17.4 Å². The Morgan fingerprint density at radius 2 is 1.08 bits per heavy atom.